The van der Waals surface area contributed by atoms with E-state index in [0.717, 1.165) is 11.8 Å². The Balaban J connectivity index is 1.65. The highest BCUT2D eigenvalue weighted by atomic mass is 35.5. The van der Waals surface area contributed by atoms with Gasteiger partial charge >= 0.3 is 6.09 Å². The molecule has 5 heteroatoms. The Labute approximate surface area is 162 Å². The summed E-state index contributed by atoms with van der Waals surface area (Å²) in [6.45, 7) is 6.45. The van der Waals surface area contributed by atoms with Crippen LogP contribution in [0.2, 0.25) is 19.6 Å². The first kappa shape index (κ1) is 18.1. The number of rotatable bonds is 3. The minimum Gasteiger partial charge on any atom is -0.411 e. The summed E-state index contributed by atoms with van der Waals surface area (Å²) in [5.74, 6) is 3.47. The number of para-hydroxylation sites is 1. The van der Waals surface area contributed by atoms with E-state index in [1.165, 1.54) is 37.7 Å². The van der Waals surface area contributed by atoms with Crippen LogP contribution in [0.4, 0.5) is 4.79 Å². The van der Waals surface area contributed by atoms with Gasteiger partial charge in [0.25, 0.3) is 0 Å². The van der Waals surface area contributed by atoms with Crippen LogP contribution in [0.25, 0.3) is 0 Å². The molecule has 1 aromatic carbocycles. The van der Waals surface area contributed by atoms with Crippen molar-refractivity contribution in [1.82, 2.24) is 4.57 Å². The van der Waals surface area contributed by atoms with Gasteiger partial charge in [-0.25, -0.2) is 4.79 Å². The number of benzene rings is 1. The Morgan fingerprint density at radius 3 is 2.04 bits per heavy atom. The van der Waals surface area contributed by atoms with E-state index in [4.69, 9.17) is 16.3 Å². The van der Waals surface area contributed by atoms with Gasteiger partial charge in [-0.3, -0.25) is 4.57 Å². The van der Waals surface area contributed by atoms with Gasteiger partial charge in [0, 0.05) is 0 Å². The number of hydrogen-bond acceptors (Lipinski definition) is 2. The monoisotopic (exact) mass is 389 g/mol. The van der Waals surface area contributed by atoms with Gasteiger partial charge in [-0.15, -0.1) is 0 Å². The molecule has 4 fully saturated rings. The largest absolute Gasteiger partial charge is 0.412 e. The molecule has 4 saturated carbocycles. The van der Waals surface area contributed by atoms with E-state index in [1.807, 2.05) is 30.3 Å². The minimum absolute atomic E-state index is 0.332. The van der Waals surface area contributed by atoms with Gasteiger partial charge in [-0.1, -0.05) is 49.4 Å². The van der Waals surface area contributed by atoms with Gasteiger partial charge in [0.05, 0.1) is 0 Å². The normalized spacial score (nSPS) is 29.6. The molecule has 0 spiro atoms. The number of hydrogen-bond donors (Lipinski definition) is 0. The van der Waals surface area contributed by atoms with E-state index < -0.39 is 8.24 Å². The van der Waals surface area contributed by atoms with Crippen molar-refractivity contribution < 1.29 is 9.53 Å². The SMILES string of the molecule is C[Si](C)(C)N(C(=O)Oc1ccccc1)C(Cl)=C1C2CC3CC(C2)CC1C3. The number of carbonyl (C=O) groups excluding carboxylic acids is 1. The first-order valence-electron chi connectivity index (χ1n) is 9.79. The van der Waals surface area contributed by atoms with Crippen LogP contribution in [0.15, 0.2) is 41.1 Å². The second-order valence-corrected chi connectivity index (χ2v) is 14.4. The quantitative estimate of drug-likeness (QED) is 0.453. The number of halogens is 1. The molecule has 5 rings (SSSR count). The summed E-state index contributed by atoms with van der Waals surface area (Å²) < 4.78 is 7.47. The zero-order valence-electron chi connectivity index (χ0n) is 15.9. The molecule has 0 heterocycles. The molecule has 0 N–H and O–H groups in total. The fourth-order valence-corrected chi connectivity index (χ4v) is 7.89. The molecule has 140 valence electrons. The minimum atomic E-state index is -2.04. The molecule has 0 aromatic heterocycles. The van der Waals surface area contributed by atoms with E-state index in [9.17, 15) is 4.79 Å². The van der Waals surface area contributed by atoms with E-state index in [-0.39, 0.29) is 6.09 Å². The van der Waals surface area contributed by atoms with Crippen LogP contribution in [0.5, 0.6) is 5.75 Å². The van der Waals surface area contributed by atoms with Crippen LogP contribution in [-0.4, -0.2) is 18.9 Å². The van der Waals surface area contributed by atoms with E-state index >= 15 is 0 Å². The molecule has 0 radical (unpaired) electrons. The summed E-state index contributed by atoms with van der Waals surface area (Å²) in [6, 6.07) is 9.28. The van der Waals surface area contributed by atoms with Gasteiger partial charge in [0.1, 0.15) is 10.9 Å². The molecule has 0 atom stereocenters. The molecule has 0 saturated heterocycles. The molecule has 4 aliphatic carbocycles. The summed E-state index contributed by atoms with van der Waals surface area (Å²) in [7, 11) is -2.04. The summed E-state index contributed by atoms with van der Waals surface area (Å²) in [5, 5.41) is 0.680. The molecule has 1 aromatic rings. The summed E-state index contributed by atoms with van der Waals surface area (Å²) in [5.41, 5.74) is 1.35. The first-order valence-corrected chi connectivity index (χ1v) is 13.6. The Hall–Kier alpha value is -1.26. The highest BCUT2D eigenvalue weighted by molar-refractivity contribution is 6.76. The average molecular weight is 390 g/mol. The van der Waals surface area contributed by atoms with Crippen molar-refractivity contribution in [2.24, 2.45) is 23.7 Å². The summed E-state index contributed by atoms with van der Waals surface area (Å²) >= 11 is 6.98. The summed E-state index contributed by atoms with van der Waals surface area (Å²) in [6.07, 6.45) is 6.10. The third kappa shape index (κ3) is 3.34. The van der Waals surface area contributed by atoms with Crippen molar-refractivity contribution in [2.75, 3.05) is 0 Å². The lowest BCUT2D eigenvalue weighted by atomic mass is 9.54. The maximum absolute atomic E-state index is 13.1. The van der Waals surface area contributed by atoms with Gasteiger partial charge < -0.3 is 4.74 Å². The van der Waals surface area contributed by atoms with Crippen molar-refractivity contribution in [3.63, 3.8) is 0 Å². The Kier molecular flexibility index (Phi) is 4.68. The number of carbonyl (C=O) groups is 1. The van der Waals surface area contributed by atoms with Gasteiger partial charge in [-0.2, -0.15) is 0 Å². The van der Waals surface area contributed by atoms with Crippen LogP contribution < -0.4 is 4.74 Å². The number of nitrogens with zero attached hydrogens (tertiary/aromatic N) is 1. The van der Waals surface area contributed by atoms with Crippen LogP contribution in [0, 0.1) is 23.7 Å². The number of ether oxygens (including phenoxy) is 1. The van der Waals surface area contributed by atoms with Gasteiger partial charge in [0.2, 0.25) is 0 Å². The highest BCUT2D eigenvalue weighted by Gasteiger charge is 2.48. The van der Waals surface area contributed by atoms with Gasteiger partial charge in [-0.05, 0) is 73.5 Å². The lowest BCUT2D eigenvalue weighted by molar-refractivity contribution is 0.0675. The lowest BCUT2D eigenvalue weighted by Crippen LogP contribution is -2.51. The van der Waals surface area contributed by atoms with Crippen molar-refractivity contribution in [3.8, 4) is 5.75 Å². The Morgan fingerprint density at radius 1 is 1.00 bits per heavy atom. The van der Waals surface area contributed by atoms with Crippen molar-refractivity contribution in [2.45, 2.75) is 51.7 Å². The number of amides is 1. The van der Waals surface area contributed by atoms with Crippen molar-refractivity contribution >= 4 is 25.9 Å². The standard InChI is InChI=1S/C21H28ClNO2Si/c1-26(2,3)23(21(24)25-18-7-5-4-6-8-18)20(22)19-16-10-14-9-15(12-16)13-17(19)11-14/h4-8,14-17H,9-13H2,1-3H3. The topological polar surface area (TPSA) is 29.5 Å². The van der Waals surface area contributed by atoms with Gasteiger partial charge in [0.15, 0.2) is 8.24 Å². The predicted molar refractivity (Wildman–Crippen MR) is 108 cm³/mol. The van der Waals surface area contributed by atoms with Crippen LogP contribution >= 0.6 is 11.6 Å². The maximum atomic E-state index is 13.1. The zero-order valence-corrected chi connectivity index (χ0v) is 17.6. The Morgan fingerprint density at radius 2 is 1.54 bits per heavy atom. The molecule has 1 amide bonds. The van der Waals surface area contributed by atoms with E-state index in [1.54, 1.807) is 4.57 Å². The average Bonchev–Trinajstić information content (AvgIpc) is 2.53. The van der Waals surface area contributed by atoms with E-state index in [2.05, 4.69) is 19.6 Å². The first-order chi connectivity index (χ1) is 12.3. The van der Waals surface area contributed by atoms with Crippen molar-refractivity contribution in [1.29, 1.82) is 0 Å². The molecule has 0 unspecified atom stereocenters. The predicted octanol–water partition coefficient (Wildman–Crippen LogP) is 6.23. The molecule has 4 bridgehead atoms. The van der Waals surface area contributed by atoms with Crippen LogP contribution in [-0.2, 0) is 0 Å². The molecule has 26 heavy (non-hydrogen) atoms. The molecule has 3 nitrogen and oxygen atoms in total. The molecular weight excluding hydrogens is 362 g/mol. The Bertz CT molecular complexity index is 695. The van der Waals surface area contributed by atoms with Crippen LogP contribution in [0.3, 0.4) is 0 Å². The molecule has 4 aliphatic rings. The van der Waals surface area contributed by atoms with Crippen LogP contribution in [0.1, 0.15) is 32.1 Å². The third-order valence-electron chi connectivity index (χ3n) is 6.25. The molecule has 0 aliphatic heterocycles. The van der Waals surface area contributed by atoms with E-state index in [0.29, 0.717) is 22.7 Å². The fraction of sp³-hybridized carbons (Fsp3) is 0.571. The lowest BCUT2D eigenvalue weighted by Gasteiger charge is -2.52. The zero-order chi connectivity index (χ0) is 18.5. The fourth-order valence-electron chi connectivity index (χ4n) is 5.44. The third-order valence-corrected chi connectivity index (χ3v) is 8.53. The smallest absolute Gasteiger partial charge is 0.411 e. The maximum Gasteiger partial charge on any atom is 0.412 e. The second-order valence-electron chi connectivity index (χ2n) is 9.24. The summed E-state index contributed by atoms with van der Waals surface area (Å²) in [4.78, 5) is 13.1. The molecular formula is C21H28ClNO2Si. The number of allylic oxidation sites excluding steroid dienone is 1. The second kappa shape index (κ2) is 6.72. The van der Waals surface area contributed by atoms with Crippen molar-refractivity contribution in [3.05, 3.63) is 41.1 Å². The highest BCUT2D eigenvalue weighted by Crippen LogP contribution is 2.57.